The molecule has 102 valence electrons. The third-order valence-corrected chi connectivity index (χ3v) is 3.88. The molecule has 1 aliphatic heterocycles. The van der Waals surface area contributed by atoms with Crippen molar-refractivity contribution in [1.29, 1.82) is 0 Å². The predicted octanol–water partition coefficient (Wildman–Crippen LogP) is 1.69. The van der Waals surface area contributed by atoms with Crippen LogP contribution in [0.4, 0.5) is 0 Å². The zero-order valence-corrected chi connectivity index (χ0v) is 11.3. The predicted molar refractivity (Wildman–Crippen MR) is 70.0 cm³/mol. The summed E-state index contributed by atoms with van der Waals surface area (Å²) in [4.78, 5) is 25.8. The van der Waals surface area contributed by atoms with E-state index < -0.39 is 0 Å². The molecule has 1 saturated heterocycles. The highest BCUT2D eigenvalue weighted by molar-refractivity contribution is 5.90. The molecule has 2 amide bonds. The summed E-state index contributed by atoms with van der Waals surface area (Å²) in [5.41, 5.74) is 0. The first kappa shape index (κ1) is 13.4. The van der Waals surface area contributed by atoms with Gasteiger partial charge in [-0.2, -0.15) is 0 Å². The van der Waals surface area contributed by atoms with Crippen molar-refractivity contribution in [2.45, 2.75) is 57.9 Å². The van der Waals surface area contributed by atoms with Gasteiger partial charge in [0.25, 0.3) is 0 Å². The molecule has 1 heterocycles. The molecule has 0 aromatic heterocycles. The molecule has 4 heteroatoms. The highest BCUT2D eigenvalue weighted by atomic mass is 16.2. The van der Waals surface area contributed by atoms with Crippen LogP contribution in [0.2, 0.25) is 0 Å². The number of amides is 2. The van der Waals surface area contributed by atoms with Gasteiger partial charge in [0.15, 0.2) is 0 Å². The van der Waals surface area contributed by atoms with Gasteiger partial charge in [-0.25, -0.2) is 0 Å². The molecule has 1 N–H and O–H groups in total. The summed E-state index contributed by atoms with van der Waals surface area (Å²) in [5, 5.41) is 2.89. The van der Waals surface area contributed by atoms with E-state index in [1.165, 1.54) is 19.3 Å². The average Bonchev–Trinajstić information content (AvgIpc) is 3.18. The fraction of sp³-hybridized carbons (Fsp3) is 0.857. The minimum Gasteiger partial charge on any atom is -0.344 e. The Bertz CT molecular complexity index is 313. The third-order valence-electron chi connectivity index (χ3n) is 3.88. The Morgan fingerprint density at radius 3 is 2.67 bits per heavy atom. The fourth-order valence-corrected chi connectivity index (χ4v) is 2.55. The summed E-state index contributed by atoms with van der Waals surface area (Å²) in [6.45, 7) is 3.60. The molecular formula is C14H24N2O2. The van der Waals surface area contributed by atoms with Crippen molar-refractivity contribution in [1.82, 2.24) is 10.2 Å². The molecule has 0 bridgehead atoms. The van der Waals surface area contributed by atoms with Gasteiger partial charge in [0.1, 0.15) is 6.04 Å². The summed E-state index contributed by atoms with van der Waals surface area (Å²) in [6, 6.07) is -0.230. The van der Waals surface area contributed by atoms with E-state index in [0.29, 0.717) is 18.9 Å². The van der Waals surface area contributed by atoms with E-state index >= 15 is 0 Å². The summed E-state index contributed by atoms with van der Waals surface area (Å²) < 4.78 is 0. The maximum atomic E-state index is 12.3. The van der Waals surface area contributed by atoms with E-state index in [0.717, 1.165) is 25.8 Å². The lowest BCUT2D eigenvalue weighted by Gasteiger charge is -2.23. The molecule has 4 nitrogen and oxygen atoms in total. The number of carbonyl (C=O) groups is 2. The molecule has 1 unspecified atom stereocenters. The average molecular weight is 252 g/mol. The minimum atomic E-state index is -0.230. The molecule has 0 spiro atoms. The summed E-state index contributed by atoms with van der Waals surface area (Å²) in [7, 11) is 0. The van der Waals surface area contributed by atoms with Crippen LogP contribution in [0, 0.1) is 5.92 Å². The molecule has 1 saturated carbocycles. The molecule has 0 aromatic rings. The highest BCUT2D eigenvalue weighted by Gasteiger charge is 2.40. The van der Waals surface area contributed by atoms with Crippen molar-refractivity contribution >= 4 is 11.8 Å². The second kappa shape index (κ2) is 6.21. The van der Waals surface area contributed by atoms with Crippen molar-refractivity contribution in [2.24, 2.45) is 5.92 Å². The number of hydrogen-bond donors (Lipinski definition) is 1. The van der Waals surface area contributed by atoms with Crippen LogP contribution in [0.5, 0.6) is 0 Å². The second-order valence-electron chi connectivity index (χ2n) is 5.52. The SMILES string of the molecule is CCCCCCN1CCC(=O)NC(C2CC2)C1=O. The Kier molecular flexibility index (Phi) is 4.61. The molecule has 0 radical (unpaired) electrons. The fourth-order valence-electron chi connectivity index (χ4n) is 2.55. The maximum Gasteiger partial charge on any atom is 0.245 e. The summed E-state index contributed by atoms with van der Waals surface area (Å²) in [5.74, 6) is 0.592. The number of nitrogens with zero attached hydrogens (tertiary/aromatic N) is 1. The molecule has 2 rings (SSSR count). The van der Waals surface area contributed by atoms with Crippen LogP contribution in [0.1, 0.15) is 51.9 Å². The first-order valence-electron chi connectivity index (χ1n) is 7.30. The molecular weight excluding hydrogens is 228 g/mol. The normalized spacial score (nSPS) is 24.9. The smallest absolute Gasteiger partial charge is 0.245 e. The van der Waals surface area contributed by atoms with Crippen molar-refractivity contribution in [3.8, 4) is 0 Å². The Morgan fingerprint density at radius 1 is 1.22 bits per heavy atom. The lowest BCUT2D eigenvalue weighted by atomic mass is 10.1. The van der Waals surface area contributed by atoms with E-state index in [1.54, 1.807) is 0 Å². The Morgan fingerprint density at radius 2 is 2.00 bits per heavy atom. The molecule has 0 aromatic carbocycles. The maximum absolute atomic E-state index is 12.3. The largest absolute Gasteiger partial charge is 0.344 e. The Hall–Kier alpha value is -1.06. The van der Waals surface area contributed by atoms with Gasteiger partial charge < -0.3 is 10.2 Å². The molecule has 1 aliphatic carbocycles. The van der Waals surface area contributed by atoms with Gasteiger partial charge in [-0.3, -0.25) is 9.59 Å². The minimum absolute atomic E-state index is 0.0382. The van der Waals surface area contributed by atoms with Gasteiger partial charge in [0.2, 0.25) is 11.8 Å². The first-order chi connectivity index (χ1) is 8.72. The standard InChI is InChI=1S/C14H24N2O2/c1-2-3-4-5-9-16-10-8-12(17)15-13(14(16)18)11-6-7-11/h11,13H,2-10H2,1H3,(H,15,17). The van der Waals surface area contributed by atoms with Crippen molar-refractivity contribution < 1.29 is 9.59 Å². The number of nitrogens with one attached hydrogen (secondary N) is 1. The van der Waals surface area contributed by atoms with Crippen molar-refractivity contribution in [3.63, 3.8) is 0 Å². The molecule has 2 fully saturated rings. The zero-order valence-electron chi connectivity index (χ0n) is 11.3. The van der Waals surface area contributed by atoms with Crippen LogP contribution in [-0.4, -0.2) is 35.8 Å². The van der Waals surface area contributed by atoms with E-state index in [9.17, 15) is 9.59 Å². The van der Waals surface area contributed by atoms with Gasteiger partial charge in [0.05, 0.1) is 0 Å². The third kappa shape index (κ3) is 3.47. The van der Waals surface area contributed by atoms with Crippen LogP contribution >= 0.6 is 0 Å². The van der Waals surface area contributed by atoms with E-state index in [2.05, 4.69) is 12.2 Å². The number of rotatable bonds is 6. The topological polar surface area (TPSA) is 49.4 Å². The lowest BCUT2D eigenvalue weighted by Crippen LogP contribution is -2.46. The highest BCUT2D eigenvalue weighted by Crippen LogP contribution is 2.34. The van der Waals surface area contributed by atoms with Crippen molar-refractivity contribution in [2.75, 3.05) is 13.1 Å². The van der Waals surface area contributed by atoms with E-state index in [4.69, 9.17) is 0 Å². The number of hydrogen-bond acceptors (Lipinski definition) is 2. The van der Waals surface area contributed by atoms with E-state index in [1.807, 2.05) is 4.90 Å². The van der Waals surface area contributed by atoms with Gasteiger partial charge in [-0.15, -0.1) is 0 Å². The Labute approximate surface area is 109 Å². The van der Waals surface area contributed by atoms with Crippen LogP contribution in [0.25, 0.3) is 0 Å². The van der Waals surface area contributed by atoms with Gasteiger partial charge in [0, 0.05) is 19.5 Å². The quantitative estimate of drug-likeness (QED) is 0.731. The molecule has 1 atom stereocenters. The van der Waals surface area contributed by atoms with Crippen LogP contribution in [-0.2, 0) is 9.59 Å². The number of unbranched alkanes of at least 4 members (excludes halogenated alkanes) is 3. The van der Waals surface area contributed by atoms with Gasteiger partial charge >= 0.3 is 0 Å². The van der Waals surface area contributed by atoms with Crippen LogP contribution in [0.15, 0.2) is 0 Å². The first-order valence-corrected chi connectivity index (χ1v) is 7.30. The van der Waals surface area contributed by atoms with Crippen LogP contribution < -0.4 is 5.32 Å². The van der Waals surface area contributed by atoms with Gasteiger partial charge in [-0.1, -0.05) is 26.2 Å². The van der Waals surface area contributed by atoms with Crippen molar-refractivity contribution in [3.05, 3.63) is 0 Å². The monoisotopic (exact) mass is 252 g/mol. The summed E-state index contributed by atoms with van der Waals surface area (Å²) in [6.07, 6.45) is 7.30. The lowest BCUT2D eigenvalue weighted by molar-refractivity contribution is -0.134. The van der Waals surface area contributed by atoms with E-state index in [-0.39, 0.29) is 17.9 Å². The second-order valence-corrected chi connectivity index (χ2v) is 5.52. The van der Waals surface area contributed by atoms with Crippen LogP contribution in [0.3, 0.4) is 0 Å². The zero-order chi connectivity index (χ0) is 13.0. The number of carbonyl (C=O) groups excluding carboxylic acids is 2. The molecule has 2 aliphatic rings. The van der Waals surface area contributed by atoms with Gasteiger partial charge in [-0.05, 0) is 25.2 Å². The Balaban J connectivity index is 1.87. The summed E-state index contributed by atoms with van der Waals surface area (Å²) >= 11 is 0. The molecule has 18 heavy (non-hydrogen) atoms.